The Morgan fingerprint density at radius 2 is 1.90 bits per heavy atom. The number of hydrogen-bond acceptors (Lipinski definition) is 4. The molecule has 1 aliphatic rings. The van der Waals surface area contributed by atoms with E-state index in [2.05, 4.69) is 20.6 Å². The van der Waals surface area contributed by atoms with Gasteiger partial charge in [-0.15, -0.1) is 0 Å². The molecule has 8 heteroatoms. The van der Waals surface area contributed by atoms with E-state index in [9.17, 15) is 13.6 Å². The van der Waals surface area contributed by atoms with E-state index in [1.54, 1.807) is 22.7 Å². The number of anilines is 1. The molecule has 0 aliphatic heterocycles. The molecule has 0 radical (unpaired) electrons. The summed E-state index contributed by atoms with van der Waals surface area (Å²) in [5.41, 5.74) is 3.34. The Balaban J connectivity index is 1.63. The lowest BCUT2D eigenvalue weighted by Gasteiger charge is -2.12. The molecule has 0 spiro atoms. The summed E-state index contributed by atoms with van der Waals surface area (Å²) in [4.78, 5) is 21.2. The van der Waals surface area contributed by atoms with E-state index < -0.39 is 11.6 Å². The highest BCUT2D eigenvalue weighted by atomic mass is 19.2. The monoisotopic (exact) mass is 421 g/mol. The second kappa shape index (κ2) is 7.61. The van der Waals surface area contributed by atoms with E-state index in [1.807, 2.05) is 19.1 Å². The molecule has 1 aliphatic carbocycles. The van der Waals surface area contributed by atoms with E-state index in [4.69, 9.17) is 0 Å². The molecule has 5 rings (SSSR count). The molecule has 1 fully saturated rings. The van der Waals surface area contributed by atoms with E-state index in [0.717, 1.165) is 37.0 Å². The fraction of sp³-hybridized carbons (Fsp3) is 0.261. The van der Waals surface area contributed by atoms with Crippen molar-refractivity contribution >= 4 is 28.4 Å². The van der Waals surface area contributed by atoms with E-state index in [-0.39, 0.29) is 11.9 Å². The first-order valence-corrected chi connectivity index (χ1v) is 10.4. The first-order valence-electron chi connectivity index (χ1n) is 10.4. The van der Waals surface area contributed by atoms with Crippen LogP contribution in [0.1, 0.15) is 36.5 Å². The normalized spacial score (nSPS) is 13.6. The van der Waals surface area contributed by atoms with Crippen molar-refractivity contribution in [3.8, 4) is 11.3 Å². The van der Waals surface area contributed by atoms with Crippen molar-refractivity contribution in [2.45, 2.75) is 32.2 Å². The van der Waals surface area contributed by atoms with Gasteiger partial charge in [0.25, 0.3) is 5.91 Å². The van der Waals surface area contributed by atoms with Crippen LogP contribution in [-0.4, -0.2) is 32.9 Å². The zero-order chi connectivity index (χ0) is 21.5. The number of benzene rings is 2. The lowest BCUT2D eigenvalue weighted by molar-refractivity contribution is 0.0951. The minimum Gasteiger partial charge on any atom is -0.367 e. The van der Waals surface area contributed by atoms with Gasteiger partial charge >= 0.3 is 0 Å². The highest BCUT2D eigenvalue weighted by Gasteiger charge is 2.24. The summed E-state index contributed by atoms with van der Waals surface area (Å²) < 4.78 is 29.7. The van der Waals surface area contributed by atoms with Gasteiger partial charge < -0.3 is 10.6 Å². The molecule has 31 heavy (non-hydrogen) atoms. The molecular weight excluding hydrogens is 400 g/mol. The zero-order valence-electron chi connectivity index (χ0n) is 17.0. The molecule has 2 aromatic heterocycles. The van der Waals surface area contributed by atoms with Crippen molar-refractivity contribution in [3.63, 3.8) is 0 Å². The first-order chi connectivity index (χ1) is 15.0. The lowest BCUT2D eigenvalue weighted by atomic mass is 10.1. The van der Waals surface area contributed by atoms with Crippen molar-refractivity contribution in [2.75, 3.05) is 11.9 Å². The van der Waals surface area contributed by atoms with Crippen LogP contribution in [0.3, 0.4) is 0 Å². The largest absolute Gasteiger partial charge is 0.367 e. The Bertz CT molecular complexity index is 1300. The van der Waals surface area contributed by atoms with Crippen molar-refractivity contribution < 1.29 is 13.6 Å². The molecule has 1 amide bonds. The first kappa shape index (κ1) is 19.4. The van der Waals surface area contributed by atoms with Gasteiger partial charge in [0.15, 0.2) is 23.1 Å². The molecule has 0 bridgehead atoms. The Hall–Kier alpha value is -3.55. The summed E-state index contributed by atoms with van der Waals surface area (Å²) in [6.45, 7) is 2.70. The summed E-state index contributed by atoms with van der Waals surface area (Å²) in [5.74, 6) is -1.48. The summed E-state index contributed by atoms with van der Waals surface area (Å²) in [5, 5.41) is 6.18. The van der Waals surface area contributed by atoms with Gasteiger partial charge in [-0.1, -0.05) is 19.1 Å². The molecule has 0 atom stereocenters. The van der Waals surface area contributed by atoms with E-state index in [1.165, 1.54) is 0 Å². The third-order valence-electron chi connectivity index (χ3n) is 5.36. The zero-order valence-corrected chi connectivity index (χ0v) is 17.0. The summed E-state index contributed by atoms with van der Waals surface area (Å²) in [6, 6.07) is 9.69. The molecular formula is C23H21F2N5O. The predicted octanol–water partition coefficient (Wildman–Crippen LogP) is 4.54. The van der Waals surface area contributed by atoms with Crippen LogP contribution < -0.4 is 10.6 Å². The quantitative estimate of drug-likeness (QED) is 0.479. The third kappa shape index (κ3) is 3.58. The van der Waals surface area contributed by atoms with Gasteiger partial charge in [-0.2, -0.15) is 0 Å². The summed E-state index contributed by atoms with van der Waals surface area (Å²) in [6.07, 6.45) is 4.60. The van der Waals surface area contributed by atoms with Crippen LogP contribution in [0.2, 0.25) is 0 Å². The highest BCUT2D eigenvalue weighted by molar-refractivity contribution is 5.95. The van der Waals surface area contributed by atoms with Crippen LogP contribution in [0.5, 0.6) is 0 Å². The molecule has 1 saturated carbocycles. The van der Waals surface area contributed by atoms with Crippen molar-refractivity contribution in [3.05, 3.63) is 59.8 Å². The summed E-state index contributed by atoms with van der Waals surface area (Å²) in [7, 11) is 0. The summed E-state index contributed by atoms with van der Waals surface area (Å²) >= 11 is 0. The second-order valence-electron chi connectivity index (χ2n) is 7.77. The topological polar surface area (TPSA) is 71.3 Å². The molecule has 4 aromatic rings. The van der Waals surface area contributed by atoms with Gasteiger partial charge in [0, 0.05) is 35.8 Å². The van der Waals surface area contributed by atoms with Crippen LogP contribution in [0.4, 0.5) is 14.6 Å². The van der Waals surface area contributed by atoms with Crippen LogP contribution in [0.15, 0.2) is 42.6 Å². The van der Waals surface area contributed by atoms with Gasteiger partial charge in [0.1, 0.15) is 0 Å². The standard InChI is InChI=1S/C23H21F2N5O/c1-2-9-26-21-22-27-12-20(30(22)19-11-17(25)16(24)10-18(19)29-21)13-3-5-14(6-4-13)23(31)28-15-7-8-15/h3-6,10-12,15H,2,7-9H2,1H3,(H,26,29)(H,28,31). The van der Waals surface area contributed by atoms with E-state index >= 15 is 0 Å². The SMILES string of the molecule is CCCNc1nc2cc(F)c(F)cc2n2c(-c3ccc(C(=O)NC4CC4)cc3)cnc12. The van der Waals surface area contributed by atoms with Gasteiger partial charge in [-0.25, -0.2) is 18.7 Å². The number of nitrogens with zero attached hydrogens (tertiary/aromatic N) is 3. The number of halogens is 2. The number of carbonyl (C=O) groups is 1. The smallest absolute Gasteiger partial charge is 0.251 e. The van der Waals surface area contributed by atoms with Gasteiger partial charge in [0.2, 0.25) is 0 Å². The maximum absolute atomic E-state index is 14.1. The molecule has 2 heterocycles. The minimum absolute atomic E-state index is 0.0922. The third-order valence-corrected chi connectivity index (χ3v) is 5.36. The fourth-order valence-corrected chi connectivity index (χ4v) is 3.58. The Kier molecular flexibility index (Phi) is 4.77. The van der Waals surface area contributed by atoms with E-state index in [0.29, 0.717) is 40.3 Å². The number of nitrogens with one attached hydrogen (secondary N) is 2. The number of imidazole rings is 1. The number of hydrogen-bond donors (Lipinski definition) is 2. The molecule has 2 N–H and O–H groups in total. The van der Waals surface area contributed by atoms with Crippen molar-refractivity contribution in [2.24, 2.45) is 0 Å². The number of amides is 1. The molecule has 158 valence electrons. The maximum atomic E-state index is 14.1. The second-order valence-corrected chi connectivity index (χ2v) is 7.77. The average molecular weight is 421 g/mol. The fourth-order valence-electron chi connectivity index (χ4n) is 3.58. The van der Waals surface area contributed by atoms with Crippen molar-refractivity contribution in [1.29, 1.82) is 0 Å². The van der Waals surface area contributed by atoms with Crippen molar-refractivity contribution in [1.82, 2.24) is 19.7 Å². The predicted molar refractivity (Wildman–Crippen MR) is 115 cm³/mol. The van der Waals surface area contributed by atoms with Crippen LogP contribution >= 0.6 is 0 Å². The molecule has 6 nitrogen and oxygen atoms in total. The van der Waals surface area contributed by atoms with Gasteiger partial charge in [0.05, 0.1) is 22.9 Å². The molecule has 2 aromatic carbocycles. The highest BCUT2D eigenvalue weighted by Crippen LogP contribution is 2.30. The van der Waals surface area contributed by atoms with Crippen LogP contribution in [0, 0.1) is 11.6 Å². The number of fused-ring (bicyclic) bond motifs is 3. The van der Waals surface area contributed by atoms with Crippen LogP contribution in [0.25, 0.3) is 27.9 Å². The number of carbonyl (C=O) groups excluding carboxylic acids is 1. The van der Waals surface area contributed by atoms with Gasteiger partial charge in [-0.3, -0.25) is 9.20 Å². The van der Waals surface area contributed by atoms with Crippen LogP contribution in [-0.2, 0) is 0 Å². The number of rotatable bonds is 6. The Morgan fingerprint density at radius 1 is 1.16 bits per heavy atom. The van der Waals surface area contributed by atoms with Gasteiger partial charge in [-0.05, 0) is 31.4 Å². The number of aromatic nitrogens is 3. The minimum atomic E-state index is -0.950. The Morgan fingerprint density at radius 3 is 2.61 bits per heavy atom. The molecule has 0 unspecified atom stereocenters. The molecule has 0 saturated heterocycles. The Labute approximate surface area is 177 Å². The maximum Gasteiger partial charge on any atom is 0.251 e. The lowest BCUT2D eigenvalue weighted by Crippen LogP contribution is -2.25. The average Bonchev–Trinajstić information content (AvgIpc) is 3.47.